The van der Waals surface area contributed by atoms with Gasteiger partial charge in [0.1, 0.15) is 18.4 Å². The van der Waals surface area contributed by atoms with Crippen molar-refractivity contribution in [2.75, 3.05) is 20.3 Å². The summed E-state index contributed by atoms with van der Waals surface area (Å²) in [5, 5.41) is 16.5. The van der Waals surface area contributed by atoms with Crippen LogP contribution in [0.1, 0.15) is 35.6 Å². The van der Waals surface area contributed by atoms with Crippen LogP contribution in [0.15, 0.2) is 70.9 Å². The predicted molar refractivity (Wildman–Crippen MR) is 127 cm³/mol. The number of fused-ring (bicyclic) bond motifs is 1. The highest BCUT2D eigenvalue weighted by Gasteiger charge is 2.39. The van der Waals surface area contributed by atoms with Gasteiger partial charge in [0.2, 0.25) is 5.71 Å². The van der Waals surface area contributed by atoms with Crippen molar-refractivity contribution in [2.24, 2.45) is 0 Å². The molecule has 0 saturated heterocycles. The van der Waals surface area contributed by atoms with Gasteiger partial charge in [0, 0.05) is 5.57 Å². The molecule has 1 aliphatic carbocycles. The highest BCUT2D eigenvalue weighted by Crippen LogP contribution is 2.40. The van der Waals surface area contributed by atoms with Gasteiger partial charge in [-0.15, -0.1) is 0 Å². The van der Waals surface area contributed by atoms with E-state index >= 15 is 0 Å². The van der Waals surface area contributed by atoms with E-state index in [1.54, 1.807) is 18.3 Å². The van der Waals surface area contributed by atoms with Crippen LogP contribution in [0.2, 0.25) is 0 Å². The summed E-state index contributed by atoms with van der Waals surface area (Å²) in [7, 11) is 1.41. The van der Waals surface area contributed by atoms with Crippen LogP contribution in [0.4, 0.5) is 0 Å². The zero-order valence-corrected chi connectivity index (χ0v) is 19.0. The third kappa shape index (κ3) is 4.46. The number of hydrogen-bond acceptors (Lipinski definition) is 5. The van der Waals surface area contributed by atoms with Crippen molar-refractivity contribution in [3.63, 3.8) is 0 Å². The van der Waals surface area contributed by atoms with Crippen LogP contribution in [0, 0.1) is 5.21 Å². The maximum absolute atomic E-state index is 12.9. The second kappa shape index (κ2) is 9.83. The fourth-order valence-corrected chi connectivity index (χ4v) is 4.61. The van der Waals surface area contributed by atoms with Crippen LogP contribution in [0.25, 0.3) is 5.57 Å². The van der Waals surface area contributed by atoms with E-state index in [2.05, 4.69) is 12.1 Å². The molecule has 32 heavy (non-hydrogen) atoms. The fourth-order valence-electron chi connectivity index (χ4n) is 3.96. The SMILES string of the molecule is CCOC(=O)C1=C(c2ccsc2)c2ccc(OCCCc3ccccc3)cc2/C1=[N+](/C)[O-]. The molecule has 0 saturated carbocycles. The van der Waals surface area contributed by atoms with Gasteiger partial charge in [0.05, 0.1) is 18.8 Å². The van der Waals surface area contributed by atoms with Crippen LogP contribution in [0.5, 0.6) is 5.75 Å². The summed E-state index contributed by atoms with van der Waals surface area (Å²) in [4.78, 5) is 12.9. The molecule has 0 bridgehead atoms. The van der Waals surface area contributed by atoms with Crippen molar-refractivity contribution < 1.29 is 19.0 Å². The summed E-state index contributed by atoms with van der Waals surface area (Å²) in [6, 6.07) is 17.9. The molecule has 164 valence electrons. The van der Waals surface area contributed by atoms with Crippen LogP contribution in [-0.4, -0.2) is 36.7 Å². The van der Waals surface area contributed by atoms with Crippen molar-refractivity contribution in [3.05, 3.63) is 98.4 Å². The third-order valence-corrected chi connectivity index (χ3v) is 6.01. The van der Waals surface area contributed by atoms with Crippen molar-refractivity contribution in [1.29, 1.82) is 0 Å². The van der Waals surface area contributed by atoms with Gasteiger partial charge in [0.25, 0.3) is 0 Å². The molecule has 6 heteroatoms. The molecule has 2 aromatic carbocycles. The van der Waals surface area contributed by atoms with Gasteiger partial charge < -0.3 is 14.7 Å². The van der Waals surface area contributed by atoms with Crippen LogP contribution < -0.4 is 4.74 Å². The smallest absolute Gasteiger partial charge is 0.345 e. The number of nitrogens with zero attached hydrogens (tertiary/aromatic N) is 1. The van der Waals surface area contributed by atoms with Crippen LogP contribution >= 0.6 is 11.3 Å². The number of carbonyl (C=O) groups excluding carboxylic acids is 1. The summed E-state index contributed by atoms with van der Waals surface area (Å²) in [6.07, 6.45) is 1.81. The lowest BCUT2D eigenvalue weighted by molar-refractivity contribution is -0.421. The minimum absolute atomic E-state index is 0.237. The normalized spacial score (nSPS) is 14.3. The van der Waals surface area contributed by atoms with E-state index in [9.17, 15) is 10.0 Å². The number of hydrogen-bond donors (Lipinski definition) is 0. The first-order valence-corrected chi connectivity index (χ1v) is 11.6. The second-order valence-electron chi connectivity index (χ2n) is 7.47. The van der Waals surface area contributed by atoms with E-state index < -0.39 is 5.97 Å². The molecule has 5 nitrogen and oxygen atoms in total. The van der Waals surface area contributed by atoms with Gasteiger partial charge >= 0.3 is 5.97 Å². The zero-order valence-electron chi connectivity index (χ0n) is 18.2. The lowest BCUT2D eigenvalue weighted by atomic mass is 10.00. The lowest BCUT2D eigenvalue weighted by Gasteiger charge is -2.10. The number of benzene rings is 2. The van der Waals surface area contributed by atoms with Crippen LogP contribution in [0.3, 0.4) is 0 Å². The van der Waals surface area contributed by atoms with Gasteiger partial charge in [-0.05, 0) is 71.5 Å². The Kier molecular flexibility index (Phi) is 6.71. The Balaban J connectivity index is 1.62. The van der Waals surface area contributed by atoms with E-state index in [1.807, 2.05) is 53.2 Å². The van der Waals surface area contributed by atoms with E-state index in [1.165, 1.54) is 12.6 Å². The monoisotopic (exact) mass is 447 g/mol. The molecule has 1 aliphatic rings. The third-order valence-electron chi connectivity index (χ3n) is 5.33. The molecule has 0 fully saturated rings. The summed E-state index contributed by atoms with van der Waals surface area (Å²) in [5.74, 6) is 0.180. The standard InChI is InChI=1S/C26H25NO4S/c1-3-30-26(28)24-23(19-13-15-32-17-19)21-12-11-20(16-22(21)25(24)27(2)29)31-14-7-10-18-8-5-4-6-9-18/h4-6,8-9,11-13,15-17H,3,7,10,14H2,1-2H3/b27-25+. The first-order chi connectivity index (χ1) is 15.6. The highest BCUT2D eigenvalue weighted by molar-refractivity contribution is 7.08. The topological polar surface area (TPSA) is 61.6 Å². The molecular weight excluding hydrogens is 422 g/mol. The average Bonchev–Trinajstić information content (AvgIpc) is 3.43. The van der Waals surface area contributed by atoms with E-state index in [0.717, 1.165) is 34.3 Å². The Labute approximate surface area is 191 Å². The van der Waals surface area contributed by atoms with E-state index in [4.69, 9.17) is 9.47 Å². The van der Waals surface area contributed by atoms with Crippen molar-refractivity contribution in [3.8, 4) is 5.75 Å². The van der Waals surface area contributed by atoms with Gasteiger partial charge in [-0.2, -0.15) is 11.3 Å². The number of hydroxylamine groups is 1. The van der Waals surface area contributed by atoms with Gasteiger partial charge in [0.15, 0.2) is 0 Å². The quantitative estimate of drug-likeness (QED) is 0.159. The molecule has 0 aliphatic heterocycles. The minimum Gasteiger partial charge on any atom is -0.624 e. The Hall–Kier alpha value is -3.38. The number of aryl methyl sites for hydroxylation is 1. The molecule has 0 spiro atoms. The van der Waals surface area contributed by atoms with Crippen LogP contribution in [-0.2, 0) is 16.0 Å². The number of thiophene rings is 1. The molecule has 1 heterocycles. The molecule has 0 amide bonds. The van der Waals surface area contributed by atoms with Crippen molar-refractivity contribution in [1.82, 2.24) is 0 Å². The molecule has 0 N–H and O–H groups in total. The lowest BCUT2D eigenvalue weighted by Crippen LogP contribution is -2.21. The van der Waals surface area contributed by atoms with E-state index in [-0.39, 0.29) is 6.61 Å². The summed E-state index contributed by atoms with van der Waals surface area (Å²) in [6.45, 7) is 2.56. The van der Waals surface area contributed by atoms with Gasteiger partial charge in [-0.1, -0.05) is 30.3 Å². The highest BCUT2D eigenvalue weighted by atomic mass is 32.1. The Morgan fingerprint density at radius 2 is 1.91 bits per heavy atom. The minimum atomic E-state index is -0.493. The largest absolute Gasteiger partial charge is 0.624 e. The zero-order chi connectivity index (χ0) is 22.5. The summed E-state index contributed by atoms with van der Waals surface area (Å²) < 4.78 is 12.0. The molecule has 1 aromatic heterocycles. The molecular formula is C26H25NO4S. The number of rotatable bonds is 8. The Morgan fingerprint density at radius 1 is 1.09 bits per heavy atom. The summed E-state index contributed by atoms with van der Waals surface area (Å²) >= 11 is 1.54. The second-order valence-corrected chi connectivity index (χ2v) is 8.25. The first-order valence-electron chi connectivity index (χ1n) is 10.6. The van der Waals surface area contributed by atoms with Gasteiger partial charge in [-0.25, -0.2) is 9.53 Å². The predicted octanol–water partition coefficient (Wildman–Crippen LogP) is 5.07. The van der Waals surface area contributed by atoms with Crippen molar-refractivity contribution >= 4 is 28.6 Å². The first kappa shape index (κ1) is 21.8. The molecule has 0 unspecified atom stereocenters. The number of ether oxygens (including phenoxy) is 2. The molecule has 0 atom stereocenters. The van der Waals surface area contributed by atoms with Gasteiger partial charge in [-0.3, -0.25) is 0 Å². The van der Waals surface area contributed by atoms with Crippen molar-refractivity contribution in [2.45, 2.75) is 19.8 Å². The maximum atomic E-state index is 12.9. The molecule has 0 radical (unpaired) electrons. The average molecular weight is 448 g/mol. The number of esters is 1. The van der Waals surface area contributed by atoms with E-state index in [0.29, 0.717) is 29.2 Å². The number of carbonyl (C=O) groups is 1. The molecule has 3 aromatic rings. The Morgan fingerprint density at radius 3 is 2.59 bits per heavy atom. The maximum Gasteiger partial charge on any atom is 0.345 e. The fraction of sp³-hybridized carbons (Fsp3) is 0.231. The summed E-state index contributed by atoms with van der Waals surface area (Å²) in [5.41, 5.74) is 5.04. The Bertz CT molecular complexity index is 1160. The molecule has 4 rings (SSSR count).